The van der Waals surface area contributed by atoms with E-state index in [1.807, 2.05) is 24.3 Å². The van der Waals surface area contributed by atoms with Crippen molar-refractivity contribution in [3.8, 4) is 0 Å². The van der Waals surface area contributed by atoms with Gasteiger partial charge in [-0.2, -0.15) is 0 Å². The molecular weight excluding hydrogens is 288 g/mol. The van der Waals surface area contributed by atoms with Gasteiger partial charge in [0.2, 0.25) is 11.8 Å². The molecule has 1 aliphatic rings. The van der Waals surface area contributed by atoms with Gasteiger partial charge in [0.1, 0.15) is 0 Å². The fourth-order valence-corrected chi connectivity index (χ4v) is 3.06. The molecule has 1 atom stereocenters. The Morgan fingerprint density at radius 1 is 1.33 bits per heavy atom. The molecule has 0 radical (unpaired) electrons. The molecule has 0 saturated carbocycles. The molecule has 2 amide bonds. The summed E-state index contributed by atoms with van der Waals surface area (Å²) in [6.45, 7) is 0. The number of anilines is 2. The minimum Gasteiger partial charge on any atom is -0.324 e. The number of carbonyl (C=O) groups is 2. The van der Waals surface area contributed by atoms with E-state index >= 15 is 0 Å². The number of nitrogens with zero attached hydrogens (tertiary/aromatic N) is 2. The minimum atomic E-state index is -0.448. The van der Waals surface area contributed by atoms with Gasteiger partial charge in [0, 0.05) is 23.7 Å². The third-order valence-corrected chi connectivity index (χ3v) is 4.18. The number of hydrogen-bond acceptors (Lipinski definition) is 5. The molecule has 2 N–H and O–H groups in total. The molecule has 1 aromatic carbocycles. The number of hydrogen-bond donors (Lipinski definition) is 2. The van der Waals surface area contributed by atoms with Crippen molar-refractivity contribution in [1.82, 2.24) is 9.97 Å². The predicted octanol–water partition coefficient (Wildman–Crippen LogP) is 1.92. The molecule has 1 aromatic heterocycles. The van der Waals surface area contributed by atoms with Crippen molar-refractivity contribution in [1.29, 1.82) is 0 Å². The lowest BCUT2D eigenvalue weighted by atomic mass is 10.2. The number of fused-ring (bicyclic) bond motifs is 1. The fourth-order valence-electron chi connectivity index (χ4n) is 1.95. The smallest absolute Gasteiger partial charge is 0.238 e. The van der Waals surface area contributed by atoms with E-state index in [0.717, 1.165) is 10.6 Å². The lowest BCUT2D eigenvalue weighted by molar-refractivity contribution is -0.120. The number of carbonyl (C=O) groups excluding carboxylic acids is 2. The third kappa shape index (κ3) is 3.19. The molecule has 2 heterocycles. The van der Waals surface area contributed by atoms with Gasteiger partial charge in [-0.1, -0.05) is 12.1 Å². The summed E-state index contributed by atoms with van der Waals surface area (Å²) in [5, 5.41) is 4.99. The Morgan fingerprint density at radius 3 is 3.00 bits per heavy atom. The van der Waals surface area contributed by atoms with Crippen LogP contribution in [0.5, 0.6) is 0 Å². The first-order chi connectivity index (χ1) is 10.2. The van der Waals surface area contributed by atoms with Crippen molar-refractivity contribution in [2.75, 3.05) is 10.6 Å². The lowest BCUT2D eigenvalue weighted by Gasteiger charge is -2.23. The van der Waals surface area contributed by atoms with Crippen molar-refractivity contribution in [3.05, 3.63) is 42.9 Å². The molecular formula is C14H12N4O2S. The van der Waals surface area contributed by atoms with E-state index in [-0.39, 0.29) is 18.2 Å². The van der Waals surface area contributed by atoms with Gasteiger partial charge < -0.3 is 10.6 Å². The SMILES string of the molecule is O=C(CC1Sc2ccccc2NC1=O)Nc1cnccn1. The second kappa shape index (κ2) is 5.92. The average Bonchev–Trinajstić information content (AvgIpc) is 2.49. The molecule has 0 bridgehead atoms. The molecule has 0 saturated heterocycles. The summed E-state index contributed by atoms with van der Waals surface area (Å²) >= 11 is 1.40. The molecule has 0 fully saturated rings. The van der Waals surface area contributed by atoms with Crippen LogP contribution in [0.1, 0.15) is 6.42 Å². The van der Waals surface area contributed by atoms with Gasteiger partial charge in [0.05, 0.1) is 17.1 Å². The Balaban J connectivity index is 1.65. The van der Waals surface area contributed by atoms with Crippen molar-refractivity contribution in [2.24, 2.45) is 0 Å². The van der Waals surface area contributed by atoms with Crippen LogP contribution in [-0.2, 0) is 9.59 Å². The number of nitrogens with one attached hydrogen (secondary N) is 2. The zero-order valence-corrected chi connectivity index (χ0v) is 11.8. The summed E-state index contributed by atoms with van der Waals surface area (Å²) in [6.07, 6.45) is 4.56. The van der Waals surface area contributed by atoms with E-state index in [9.17, 15) is 9.59 Å². The molecule has 0 spiro atoms. The van der Waals surface area contributed by atoms with E-state index in [0.29, 0.717) is 5.82 Å². The average molecular weight is 300 g/mol. The normalized spacial score (nSPS) is 16.8. The molecule has 21 heavy (non-hydrogen) atoms. The maximum absolute atomic E-state index is 12.0. The van der Waals surface area contributed by atoms with Crippen LogP contribution >= 0.6 is 11.8 Å². The number of aromatic nitrogens is 2. The topological polar surface area (TPSA) is 84.0 Å². The van der Waals surface area contributed by atoms with Crippen molar-refractivity contribution in [2.45, 2.75) is 16.6 Å². The Hall–Kier alpha value is -2.41. The highest BCUT2D eigenvalue weighted by molar-refractivity contribution is 8.01. The molecule has 106 valence electrons. The molecule has 0 aliphatic carbocycles. The number of para-hydroxylation sites is 1. The molecule has 6 nitrogen and oxygen atoms in total. The van der Waals surface area contributed by atoms with Crippen LogP contribution in [0.3, 0.4) is 0 Å². The van der Waals surface area contributed by atoms with E-state index in [1.165, 1.54) is 30.4 Å². The van der Waals surface area contributed by atoms with Crippen LogP contribution in [-0.4, -0.2) is 27.0 Å². The monoisotopic (exact) mass is 300 g/mol. The number of amides is 2. The summed E-state index contributed by atoms with van der Waals surface area (Å²) < 4.78 is 0. The van der Waals surface area contributed by atoms with Crippen LogP contribution in [0.4, 0.5) is 11.5 Å². The van der Waals surface area contributed by atoms with Crippen LogP contribution < -0.4 is 10.6 Å². The lowest BCUT2D eigenvalue weighted by Crippen LogP contribution is -2.32. The minimum absolute atomic E-state index is 0.0847. The third-order valence-electron chi connectivity index (χ3n) is 2.91. The maximum Gasteiger partial charge on any atom is 0.238 e. The molecule has 7 heteroatoms. The summed E-state index contributed by atoms with van der Waals surface area (Å²) in [7, 11) is 0. The fraction of sp³-hybridized carbons (Fsp3) is 0.143. The van der Waals surface area contributed by atoms with E-state index in [4.69, 9.17) is 0 Å². The summed E-state index contributed by atoms with van der Waals surface area (Å²) in [6, 6.07) is 7.53. The summed E-state index contributed by atoms with van der Waals surface area (Å²) in [4.78, 5) is 32.8. The quantitative estimate of drug-likeness (QED) is 0.904. The van der Waals surface area contributed by atoms with Gasteiger partial charge in [-0.05, 0) is 12.1 Å². The summed E-state index contributed by atoms with van der Waals surface area (Å²) in [5.74, 6) is -0.0420. The summed E-state index contributed by atoms with van der Waals surface area (Å²) in [5.41, 5.74) is 0.790. The molecule has 3 rings (SSSR count). The van der Waals surface area contributed by atoms with Gasteiger partial charge in [-0.15, -0.1) is 11.8 Å². The number of benzene rings is 1. The number of rotatable bonds is 3. The Bertz CT molecular complexity index is 678. The zero-order chi connectivity index (χ0) is 14.7. The first-order valence-corrected chi connectivity index (χ1v) is 7.23. The Morgan fingerprint density at radius 2 is 2.19 bits per heavy atom. The predicted molar refractivity (Wildman–Crippen MR) is 80.0 cm³/mol. The standard InChI is InChI=1S/C14H12N4O2S/c19-13(18-12-8-15-5-6-16-12)7-11-14(20)17-9-3-1-2-4-10(9)21-11/h1-6,8,11H,7H2,(H,17,20)(H,16,18,19). The highest BCUT2D eigenvalue weighted by atomic mass is 32.2. The van der Waals surface area contributed by atoms with Gasteiger partial charge in [-0.25, -0.2) is 4.98 Å². The Kier molecular flexibility index (Phi) is 3.83. The first kappa shape index (κ1) is 13.6. The van der Waals surface area contributed by atoms with E-state index in [2.05, 4.69) is 20.6 Å². The van der Waals surface area contributed by atoms with Gasteiger partial charge >= 0.3 is 0 Å². The van der Waals surface area contributed by atoms with E-state index < -0.39 is 5.25 Å². The molecule has 1 aliphatic heterocycles. The highest BCUT2D eigenvalue weighted by Gasteiger charge is 2.28. The van der Waals surface area contributed by atoms with Crippen LogP contribution in [0.25, 0.3) is 0 Å². The van der Waals surface area contributed by atoms with Crippen LogP contribution in [0, 0.1) is 0 Å². The van der Waals surface area contributed by atoms with E-state index in [1.54, 1.807) is 0 Å². The van der Waals surface area contributed by atoms with Gasteiger partial charge in [0.25, 0.3) is 0 Å². The van der Waals surface area contributed by atoms with Crippen molar-refractivity contribution >= 4 is 35.1 Å². The molecule has 2 aromatic rings. The second-order valence-corrected chi connectivity index (χ2v) is 5.68. The Labute approximate surface area is 125 Å². The highest BCUT2D eigenvalue weighted by Crippen LogP contribution is 2.36. The largest absolute Gasteiger partial charge is 0.324 e. The van der Waals surface area contributed by atoms with Crippen LogP contribution in [0.2, 0.25) is 0 Å². The van der Waals surface area contributed by atoms with Crippen molar-refractivity contribution in [3.63, 3.8) is 0 Å². The van der Waals surface area contributed by atoms with Gasteiger partial charge in [-0.3, -0.25) is 14.6 Å². The molecule has 1 unspecified atom stereocenters. The zero-order valence-electron chi connectivity index (χ0n) is 10.9. The number of thioether (sulfide) groups is 1. The van der Waals surface area contributed by atoms with Crippen LogP contribution in [0.15, 0.2) is 47.8 Å². The second-order valence-electron chi connectivity index (χ2n) is 4.43. The maximum atomic E-state index is 12.0. The van der Waals surface area contributed by atoms with Gasteiger partial charge in [0.15, 0.2) is 5.82 Å². The van der Waals surface area contributed by atoms with Crippen molar-refractivity contribution < 1.29 is 9.59 Å². The first-order valence-electron chi connectivity index (χ1n) is 6.35.